The Hall–Kier alpha value is -1.38. The van der Waals surface area contributed by atoms with Crippen LogP contribution in [0.4, 0.5) is 10.1 Å². The van der Waals surface area contributed by atoms with Crippen molar-refractivity contribution in [2.75, 3.05) is 5.32 Å². The Kier molecular flexibility index (Phi) is 3.83. The van der Waals surface area contributed by atoms with E-state index in [0.29, 0.717) is 6.42 Å². The first-order valence-corrected chi connectivity index (χ1v) is 5.05. The molecule has 2 nitrogen and oxygen atoms in total. The molecule has 0 aliphatic carbocycles. The lowest BCUT2D eigenvalue weighted by Crippen LogP contribution is -2.14. The van der Waals surface area contributed by atoms with Crippen LogP contribution in [0.2, 0.25) is 0 Å². The van der Waals surface area contributed by atoms with Crippen molar-refractivity contribution in [3.8, 4) is 0 Å². The SMILES string of the molecule is Cc1ccc(NC(=O)CC(C)C)c(F)c1. The second-order valence-corrected chi connectivity index (χ2v) is 4.13. The number of anilines is 1. The molecule has 0 saturated carbocycles. The van der Waals surface area contributed by atoms with E-state index in [1.54, 1.807) is 12.1 Å². The zero-order chi connectivity index (χ0) is 11.4. The van der Waals surface area contributed by atoms with E-state index < -0.39 is 0 Å². The lowest BCUT2D eigenvalue weighted by atomic mass is 10.1. The monoisotopic (exact) mass is 209 g/mol. The maximum atomic E-state index is 13.3. The van der Waals surface area contributed by atoms with Crippen LogP contribution < -0.4 is 5.32 Å². The number of benzene rings is 1. The maximum absolute atomic E-state index is 13.3. The molecule has 3 heteroatoms. The smallest absolute Gasteiger partial charge is 0.224 e. The fraction of sp³-hybridized carbons (Fsp3) is 0.417. The standard InChI is InChI=1S/C12H16FNO/c1-8(2)6-12(15)14-11-5-4-9(3)7-10(11)13/h4-5,7-8H,6H2,1-3H3,(H,14,15). The number of amides is 1. The molecule has 0 aromatic heterocycles. The molecule has 1 rings (SSSR count). The number of rotatable bonds is 3. The average Bonchev–Trinajstić information content (AvgIpc) is 2.08. The normalized spacial score (nSPS) is 10.5. The van der Waals surface area contributed by atoms with Crippen LogP contribution in [-0.2, 0) is 4.79 Å². The molecule has 15 heavy (non-hydrogen) atoms. The van der Waals surface area contributed by atoms with Gasteiger partial charge in [-0.2, -0.15) is 0 Å². The molecule has 0 spiro atoms. The van der Waals surface area contributed by atoms with Crippen LogP contribution in [0, 0.1) is 18.7 Å². The first-order chi connectivity index (χ1) is 6.99. The van der Waals surface area contributed by atoms with Gasteiger partial charge in [-0.1, -0.05) is 19.9 Å². The second-order valence-electron chi connectivity index (χ2n) is 4.13. The molecule has 0 saturated heterocycles. The van der Waals surface area contributed by atoms with E-state index in [2.05, 4.69) is 5.32 Å². The van der Waals surface area contributed by atoms with Crippen LogP contribution in [-0.4, -0.2) is 5.91 Å². The van der Waals surface area contributed by atoms with Gasteiger partial charge in [0, 0.05) is 6.42 Å². The summed E-state index contributed by atoms with van der Waals surface area (Å²) >= 11 is 0. The highest BCUT2D eigenvalue weighted by Crippen LogP contribution is 2.15. The van der Waals surface area contributed by atoms with Gasteiger partial charge in [0.1, 0.15) is 5.82 Å². The third-order valence-electron chi connectivity index (χ3n) is 1.99. The number of aryl methyl sites for hydroxylation is 1. The Balaban J connectivity index is 2.68. The first-order valence-electron chi connectivity index (χ1n) is 5.05. The molecule has 82 valence electrons. The minimum atomic E-state index is -0.382. The fourth-order valence-corrected chi connectivity index (χ4v) is 1.29. The van der Waals surface area contributed by atoms with E-state index in [4.69, 9.17) is 0 Å². The highest BCUT2D eigenvalue weighted by Gasteiger charge is 2.08. The minimum Gasteiger partial charge on any atom is -0.324 e. The Bertz CT molecular complexity index is 361. The zero-order valence-corrected chi connectivity index (χ0v) is 9.30. The van der Waals surface area contributed by atoms with E-state index in [1.165, 1.54) is 6.07 Å². The highest BCUT2D eigenvalue weighted by molar-refractivity contribution is 5.90. The molecule has 0 aliphatic heterocycles. The number of carbonyl (C=O) groups excluding carboxylic acids is 1. The van der Waals surface area contributed by atoms with Crippen molar-refractivity contribution in [2.24, 2.45) is 5.92 Å². The predicted molar refractivity (Wildman–Crippen MR) is 59.2 cm³/mol. The van der Waals surface area contributed by atoms with Crippen molar-refractivity contribution in [3.63, 3.8) is 0 Å². The zero-order valence-electron chi connectivity index (χ0n) is 9.30. The van der Waals surface area contributed by atoms with Crippen LogP contribution in [0.3, 0.4) is 0 Å². The van der Waals surface area contributed by atoms with E-state index >= 15 is 0 Å². The number of carbonyl (C=O) groups is 1. The van der Waals surface area contributed by atoms with Gasteiger partial charge in [-0.05, 0) is 30.5 Å². The van der Waals surface area contributed by atoms with Gasteiger partial charge in [-0.15, -0.1) is 0 Å². The Labute approximate surface area is 89.5 Å². The van der Waals surface area contributed by atoms with Crippen molar-refractivity contribution in [2.45, 2.75) is 27.2 Å². The quantitative estimate of drug-likeness (QED) is 0.814. The maximum Gasteiger partial charge on any atom is 0.224 e. The first kappa shape index (κ1) is 11.7. The van der Waals surface area contributed by atoms with E-state index in [9.17, 15) is 9.18 Å². The van der Waals surface area contributed by atoms with Crippen LogP contribution in [0.15, 0.2) is 18.2 Å². The van der Waals surface area contributed by atoms with E-state index in [0.717, 1.165) is 5.56 Å². The molecule has 1 amide bonds. The molecular formula is C12H16FNO. The van der Waals surface area contributed by atoms with Gasteiger partial charge in [0.15, 0.2) is 0 Å². The Morgan fingerprint density at radius 1 is 1.47 bits per heavy atom. The van der Waals surface area contributed by atoms with Gasteiger partial charge < -0.3 is 5.32 Å². The van der Waals surface area contributed by atoms with Crippen molar-refractivity contribution in [1.82, 2.24) is 0 Å². The topological polar surface area (TPSA) is 29.1 Å². The third kappa shape index (κ3) is 3.70. The summed E-state index contributed by atoms with van der Waals surface area (Å²) in [5.74, 6) is -0.252. The fourth-order valence-electron chi connectivity index (χ4n) is 1.29. The van der Waals surface area contributed by atoms with Gasteiger partial charge in [0.05, 0.1) is 5.69 Å². The number of nitrogens with one attached hydrogen (secondary N) is 1. The van der Waals surface area contributed by atoms with Crippen LogP contribution in [0.5, 0.6) is 0 Å². The second kappa shape index (κ2) is 4.91. The lowest BCUT2D eigenvalue weighted by molar-refractivity contribution is -0.116. The Morgan fingerprint density at radius 2 is 2.13 bits per heavy atom. The molecule has 0 radical (unpaired) electrons. The summed E-state index contributed by atoms with van der Waals surface area (Å²) in [5.41, 5.74) is 1.10. The lowest BCUT2D eigenvalue weighted by Gasteiger charge is -2.08. The third-order valence-corrected chi connectivity index (χ3v) is 1.99. The van der Waals surface area contributed by atoms with Crippen LogP contribution >= 0.6 is 0 Å². The van der Waals surface area contributed by atoms with Crippen molar-refractivity contribution < 1.29 is 9.18 Å². The van der Waals surface area contributed by atoms with Gasteiger partial charge in [0.25, 0.3) is 0 Å². The summed E-state index contributed by atoms with van der Waals surface area (Å²) in [6.07, 6.45) is 0.410. The molecule has 0 atom stereocenters. The summed E-state index contributed by atoms with van der Waals surface area (Å²) in [7, 11) is 0. The Morgan fingerprint density at radius 3 is 2.67 bits per heavy atom. The molecule has 0 bridgehead atoms. The molecule has 0 unspecified atom stereocenters. The van der Waals surface area contributed by atoms with Gasteiger partial charge in [0.2, 0.25) is 5.91 Å². The molecule has 0 aliphatic rings. The molecule has 1 aromatic carbocycles. The van der Waals surface area contributed by atoms with Crippen LogP contribution in [0.25, 0.3) is 0 Å². The summed E-state index contributed by atoms with van der Waals surface area (Å²) < 4.78 is 13.3. The van der Waals surface area contributed by atoms with E-state index in [-0.39, 0.29) is 23.3 Å². The summed E-state index contributed by atoms with van der Waals surface area (Å²) in [5, 5.41) is 2.55. The molecule has 1 N–H and O–H groups in total. The highest BCUT2D eigenvalue weighted by atomic mass is 19.1. The summed E-state index contributed by atoms with van der Waals surface area (Å²) in [4.78, 5) is 11.4. The molecular weight excluding hydrogens is 193 g/mol. The average molecular weight is 209 g/mol. The minimum absolute atomic E-state index is 0.146. The summed E-state index contributed by atoms with van der Waals surface area (Å²) in [6, 6.07) is 4.77. The van der Waals surface area contributed by atoms with Gasteiger partial charge >= 0.3 is 0 Å². The van der Waals surface area contributed by atoms with Crippen molar-refractivity contribution in [3.05, 3.63) is 29.6 Å². The largest absolute Gasteiger partial charge is 0.324 e. The van der Waals surface area contributed by atoms with Crippen molar-refractivity contribution in [1.29, 1.82) is 0 Å². The number of halogens is 1. The number of hydrogen-bond acceptors (Lipinski definition) is 1. The molecule has 0 heterocycles. The molecule has 0 fully saturated rings. The van der Waals surface area contributed by atoms with Crippen LogP contribution in [0.1, 0.15) is 25.8 Å². The molecule has 1 aromatic rings. The van der Waals surface area contributed by atoms with Gasteiger partial charge in [-0.3, -0.25) is 4.79 Å². The number of hydrogen-bond donors (Lipinski definition) is 1. The van der Waals surface area contributed by atoms with Gasteiger partial charge in [-0.25, -0.2) is 4.39 Å². The predicted octanol–water partition coefficient (Wildman–Crippen LogP) is 3.12. The van der Waals surface area contributed by atoms with E-state index in [1.807, 2.05) is 20.8 Å². The van der Waals surface area contributed by atoms with Crippen molar-refractivity contribution >= 4 is 11.6 Å². The summed E-state index contributed by atoms with van der Waals surface area (Å²) in [6.45, 7) is 5.71.